The molecule has 8 nitrogen and oxygen atoms in total. The van der Waals surface area contributed by atoms with Crippen molar-refractivity contribution in [1.29, 1.82) is 0 Å². The Morgan fingerprint density at radius 1 is 1.14 bits per heavy atom. The van der Waals surface area contributed by atoms with Crippen LogP contribution in [0.15, 0.2) is 6.07 Å². The molecule has 2 aromatic rings. The van der Waals surface area contributed by atoms with Gasteiger partial charge in [0.1, 0.15) is 18.2 Å². The molecule has 0 bridgehead atoms. The van der Waals surface area contributed by atoms with Gasteiger partial charge in [-0.05, 0) is 6.92 Å². The number of ether oxygens (including phenoxy) is 1. The highest BCUT2D eigenvalue weighted by Gasteiger charge is 2.13. The smallest absolute Gasteiger partial charge is 0.161 e. The molecule has 2 aromatic heterocycles. The lowest BCUT2D eigenvalue weighted by atomic mass is 10.4. The monoisotopic (exact) mass is 291 g/mol. The van der Waals surface area contributed by atoms with E-state index in [1.807, 2.05) is 20.8 Å². The molecule has 2 heterocycles. The first-order valence-electron chi connectivity index (χ1n) is 7.09. The minimum atomic E-state index is 0.329. The summed E-state index contributed by atoms with van der Waals surface area (Å²) in [6.07, 6.45) is 1.54. The summed E-state index contributed by atoms with van der Waals surface area (Å²) in [4.78, 5) is 13.2. The zero-order valence-corrected chi connectivity index (χ0v) is 12.6. The summed E-state index contributed by atoms with van der Waals surface area (Å²) >= 11 is 0. The fraction of sp³-hybridized carbons (Fsp3) is 0.538. The molecule has 3 N–H and O–H groups in total. The van der Waals surface area contributed by atoms with Gasteiger partial charge in [0.25, 0.3) is 0 Å². The van der Waals surface area contributed by atoms with Gasteiger partial charge >= 0.3 is 0 Å². The van der Waals surface area contributed by atoms with E-state index in [9.17, 15) is 0 Å². The standard InChI is InChI=1S/C13H21N7O/c1-4-9-16-12(5-2)20(19-9)13-7-10(18-14)15-11(17-13)8-21-6-3/h7H,4-6,8,14H2,1-3H3,(H,15,17,18). The molecule has 0 fully saturated rings. The van der Waals surface area contributed by atoms with Crippen LogP contribution in [0.5, 0.6) is 0 Å². The lowest BCUT2D eigenvalue weighted by molar-refractivity contribution is 0.128. The zero-order valence-electron chi connectivity index (χ0n) is 12.6. The largest absolute Gasteiger partial charge is 0.374 e. The van der Waals surface area contributed by atoms with Gasteiger partial charge in [-0.2, -0.15) is 4.68 Å². The third-order valence-electron chi connectivity index (χ3n) is 2.91. The Labute approximate surface area is 123 Å². The number of anilines is 1. The van der Waals surface area contributed by atoms with Crippen LogP contribution < -0.4 is 11.3 Å². The Kier molecular flexibility index (Phi) is 5.18. The minimum absolute atomic E-state index is 0.329. The number of rotatable bonds is 7. The lowest BCUT2D eigenvalue weighted by Gasteiger charge is -2.09. The van der Waals surface area contributed by atoms with Gasteiger partial charge in [0.2, 0.25) is 0 Å². The number of aryl methyl sites for hydroxylation is 2. The highest BCUT2D eigenvalue weighted by atomic mass is 16.5. The quantitative estimate of drug-likeness (QED) is 0.579. The van der Waals surface area contributed by atoms with Gasteiger partial charge in [-0.3, -0.25) is 0 Å². The van der Waals surface area contributed by atoms with Crippen molar-refractivity contribution in [3.63, 3.8) is 0 Å². The lowest BCUT2D eigenvalue weighted by Crippen LogP contribution is -2.14. The average Bonchev–Trinajstić information content (AvgIpc) is 2.96. The summed E-state index contributed by atoms with van der Waals surface area (Å²) in [5, 5.41) is 4.47. The first-order valence-corrected chi connectivity index (χ1v) is 7.09. The number of nitrogens with two attached hydrogens (primary N) is 1. The maximum Gasteiger partial charge on any atom is 0.161 e. The van der Waals surface area contributed by atoms with Crippen LogP contribution in [0.4, 0.5) is 5.82 Å². The first-order chi connectivity index (χ1) is 10.2. The van der Waals surface area contributed by atoms with E-state index in [2.05, 4.69) is 25.5 Å². The van der Waals surface area contributed by atoms with Gasteiger partial charge in [-0.1, -0.05) is 13.8 Å². The normalized spacial score (nSPS) is 10.9. The third kappa shape index (κ3) is 3.53. The maximum atomic E-state index is 5.47. The zero-order chi connectivity index (χ0) is 15.2. The van der Waals surface area contributed by atoms with Crippen LogP contribution in [0.25, 0.3) is 5.82 Å². The number of nitrogens with zero attached hydrogens (tertiary/aromatic N) is 5. The van der Waals surface area contributed by atoms with Gasteiger partial charge in [0.05, 0.1) is 0 Å². The topological polar surface area (TPSA) is 104 Å². The van der Waals surface area contributed by atoms with Crippen LogP contribution in [0, 0.1) is 0 Å². The Balaban J connectivity index is 2.44. The molecule has 0 amide bonds. The summed E-state index contributed by atoms with van der Waals surface area (Å²) in [7, 11) is 0. The van der Waals surface area contributed by atoms with Crippen molar-refractivity contribution in [2.45, 2.75) is 40.2 Å². The second kappa shape index (κ2) is 7.09. The van der Waals surface area contributed by atoms with Crippen LogP contribution in [0.3, 0.4) is 0 Å². The highest BCUT2D eigenvalue weighted by molar-refractivity contribution is 5.40. The molecule has 2 rings (SSSR count). The van der Waals surface area contributed by atoms with Crippen molar-refractivity contribution in [3.05, 3.63) is 23.5 Å². The van der Waals surface area contributed by atoms with Gasteiger partial charge < -0.3 is 10.2 Å². The predicted molar refractivity (Wildman–Crippen MR) is 78.8 cm³/mol. The van der Waals surface area contributed by atoms with Crippen molar-refractivity contribution < 1.29 is 4.74 Å². The molecule has 0 saturated heterocycles. The van der Waals surface area contributed by atoms with Crippen molar-refractivity contribution in [2.24, 2.45) is 5.84 Å². The molecule has 0 saturated carbocycles. The summed E-state index contributed by atoms with van der Waals surface area (Å²) < 4.78 is 7.09. The fourth-order valence-corrected chi connectivity index (χ4v) is 1.88. The Bertz CT molecular complexity index is 596. The SMILES string of the molecule is CCOCc1nc(NN)cc(-n2nc(CC)nc2CC)n1. The van der Waals surface area contributed by atoms with Crippen molar-refractivity contribution in [3.8, 4) is 5.82 Å². The molecule has 0 aliphatic rings. The number of hydrazine groups is 1. The van der Waals surface area contributed by atoms with E-state index in [0.717, 1.165) is 24.5 Å². The number of hydrogen-bond acceptors (Lipinski definition) is 7. The molecule has 114 valence electrons. The molecule has 0 aromatic carbocycles. The predicted octanol–water partition coefficient (Wildman–Crippen LogP) is 1.00. The van der Waals surface area contributed by atoms with Crippen LogP contribution in [0.1, 0.15) is 38.2 Å². The van der Waals surface area contributed by atoms with Gasteiger partial charge in [-0.25, -0.2) is 20.8 Å². The summed E-state index contributed by atoms with van der Waals surface area (Å²) in [6, 6.07) is 1.74. The van der Waals surface area contributed by atoms with Gasteiger partial charge in [-0.15, -0.1) is 5.10 Å². The van der Waals surface area contributed by atoms with Crippen LogP contribution in [-0.4, -0.2) is 31.3 Å². The van der Waals surface area contributed by atoms with Crippen molar-refractivity contribution in [1.82, 2.24) is 24.7 Å². The second-order valence-corrected chi connectivity index (χ2v) is 4.37. The third-order valence-corrected chi connectivity index (χ3v) is 2.91. The molecule has 0 radical (unpaired) electrons. The average molecular weight is 291 g/mol. The number of nitrogens with one attached hydrogen (secondary N) is 1. The molecule has 21 heavy (non-hydrogen) atoms. The van der Waals surface area contributed by atoms with Gasteiger partial charge in [0.15, 0.2) is 17.5 Å². The van der Waals surface area contributed by atoms with E-state index in [4.69, 9.17) is 10.6 Å². The molecular weight excluding hydrogens is 270 g/mol. The summed E-state index contributed by atoms with van der Waals surface area (Å²) in [6.45, 7) is 6.90. The van der Waals surface area contributed by atoms with E-state index >= 15 is 0 Å². The molecule has 0 spiro atoms. The fourth-order valence-electron chi connectivity index (χ4n) is 1.88. The maximum absolute atomic E-state index is 5.47. The Hall–Kier alpha value is -2.06. The number of hydrogen-bond donors (Lipinski definition) is 2. The van der Waals surface area contributed by atoms with Crippen LogP contribution in [0.2, 0.25) is 0 Å². The Morgan fingerprint density at radius 2 is 1.95 bits per heavy atom. The summed E-state index contributed by atoms with van der Waals surface area (Å²) in [5.41, 5.74) is 2.54. The van der Waals surface area contributed by atoms with E-state index in [1.165, 1.54) is 0 Å². The number of nitrogen functional groups attached to an aromatic ring is 1. The van der Waals surface area contributed by atoms with Crippen LogP contribution >= 0.6 is 0 Å². The number of aromatic nitrogens is 5. The van der Waals surface area contributed by atoms with Crippen LogP contribution in [-0.2, 0) is 24.2 Å². The minimum Gasteiger partial charge on any atom is -0.374 e. The molecule has 0 aliphatic carbocycles. The highest BCUT2D eigenvalue weighted by Crippen LogP contribution is 2.13. The molecule has 0 unspecified atom stereocenters. The Morgan fingerprint density at radius 3 is 2.57 bits per heavy atom. The van der Waals surface area contributed by atoms with E-state index in [1.54, 1.807) is 10.7 Å². The molecule has 0 aliphatic heterocycles. The van der Waals surface area contributed by atoms with Crippen molar-refractivity contribution in [2.75, 3.05) is 12.0 Å². The van der Waals surface area contributed by atoms with E-state index in [0.29, 0.717) is 30.7 Å². The first kappa shape index (κ1) is 15.3. The summed E-state index contributed by atoms with van der Waals surface area (Å²) in [5.74, 6) is 8.83. The van der Waals surface area contributed by atoms with Crippen molar-refractivity contribution >= 4 is 5.82 Å². The van der Waals surface area contributed by atoms with Gasteiger partial charge in [0, 0.05) is 25.5 Å². The second-order valence-electron chi connectivity index (χ2n) is 4.37. The van der Waals surface area contributed by atoms with E-state index in [-0.39, 0.29) is 0 Å². The molecule has 0 atom stereocenters. The molecule has 8 heteroatoms. The van der Waals surface area contributed by atoms with E-state index < -0.39 is 0 Å². The molecular formula is C13H21N7O.